The zero-order valence-corrected chi connectivity index (χ0v) is 20.2. The zero-order chi connectivity index (χ0) is 22.2. The number of carbonyl (C=O) groups is 1. The number of hydrogen-bond donors (Lipinski definition) is 0. The number of rotatable bonds is 5. The molecule has 0 aromatic heterocycles. The second-order valence-corrected chi connectivity index (χ2v) is 9.60. The Balaban J connectivity index is 0.00000241. The van der Waals surface area contributed by atoms with Crippen LogP contribution in [-0.2, 0) is 12.8 Å². The zero-order valence-electron chi connectivity index (χ0n) is 19.4. The summed E-state index contributed by atoms with van der Waals surface area (Å²) in [6.45, 7) is 5.19. The molecule has 6 heteroatoms. The van der Waals surface area contributed by atoms with Crippen LogP contribution in [0.1, 0.15) is 34.3 Å². The molecule has 0 N–H and O–H groups in total. The number of benzene rings is 3. The Labute approximate surface area is 207 Å². The molecule has 178 valence electrons. The van der Waals surface area contributed by atoms with Crippen molar-refractivity contribution in [3.63, 3.8) is 0 Å². The summed E-state index contributed by atoms with van der Waals surface area (Å²) in [6.07, 6.45) is 4.36. The molecular formula is C28H31ClN2O3. The van der Waals surface area contributed by atoms with Crippen LogP contribution in [0.3, 0.4) is 0 Å². The lowest BCUT2D eigenvalue weighted by atomic mass is 9.93. The van der Waals surface area contributed by atoms with Gasteiger partial charge in [-0.25, -0.2) is 0 Å². The van der Waals surface area contributed by atoms with Crippen molar-refractivity contribution in [2.75, 3.05) is 39.5 Å². The van der Waals surface area contributed by atoms with E-state index in [0.717, 1.165) is 62.4 Å². The topological polar surface area (TPSA) is 42.0 Å². The number of carbonyl (C=O) groups excluding carboxylic acids is 1. The molecule has 1 saturated heterocycles. The molecule has 0 bridgehead atoms. The minimum Gasteiger partial charge on any atom is -0.454 e. The van der Waals surface area contributed by atoms with Gasteiger partial charge in [-0.2, -0.15) is 0 Å². The van der Waals surface area contributed by atoms with Crippen LogP contribution in [0, 0.1) is 5.92 Å². The summed E-state index contributed by atoms with van der Waals surface area (Å²) in [4.78, 5) is 17.9. The van der Waals surface area contributed by atoms with E-state index in [2.05, 4.69) is 52.3 Å². The largest absolute Gasteiger partial charge is 0.454 e. The van der Waals surface area contributed by atoms with Gasteiger partial charge < -0.3 is 19.3 Å². The van der Waals surface area contributed by atoms with Gasteiger partial charge in [0.2, 0.25) is 6.79 Å². The molecule has 3 aromatic carbocycles. The number of ether oxygens (including phenoxy) is 2. The van der Waals surface area contributed by atoms with Gasteiger partial charge in [-0.1, -0.05) is 42.5 Å². The average Bonchev–Trinajstić information content (AvgIpc) is 3.31. The molecule has 0 saturated carbocycles. The fraction of sp³-hybridized carbons (Fsp3) is 0.393. The van der Waals surface area contributed by atoms with E-state index >= 15 is 0 Å². The van der Waals surface area contributed by atoms with Crippen LogP contribution in [-0.4, -0.2) is 55.2 Å². The van der Waals surface area contributed by atoms with Crippen LogP contribution in [0.2, 0.25) is 0 Å². The fourth-order valence-corrected chi connectivity index (χ4v) is 5.59. The summed E-state index contributed by atoms with van der Waals surface area (Å²) in [5, 5.41) is 2.62. The highest BCUT2D eigenvalue weighted by Crippen LogP contribution is 2.37. The molecule has 0 spiro atoms. The van der Waals surface area contributed by atoms with Gasteiger partial charge >= 0.3 is 0 Å². The normalized spacial score (nSPS) is 19.7. The van der Waals surface area contributed by atoms with Crippen molar-refractivity contribution in [1.82, 2.24) is 9.80 Å². The van der Waals surface area contributed by atoms with Gasteiger partial charge in [0.1, 0.15) is 0 Å². The lowest BCUT2D eigenvalue weighted by Gasteiger charge is -2.37. The van der Waals surface area contributed by atoms with Gasteiger partial charge in [0.15, 0.2) is 11.5 Å². The molecule has 1 atom stereocenters. The lowest BCUT2D eigenvalue weighted by molar-refractivity contribution is 0.0662. The highest BCUT2D eigenvalue weighted by molar-refractivity contribution is 5.97. The van der Waals surface area contributed by atoms with E-state index in [1.54, 1.807) is 0 Å². The van der Waals surface area contributed by atoms with E-state index in [9.17, 15) is 4.79 Å². The molecule has 34 heavy (non-hydrogen) atoms. The number of piperidine rings is 1. The Kier molecular flexibility index (Phi) is 6.66. The van der Waals surface area contributed by atoms with Crippen molar-refractivity contribution in [3.8, 4) is 11.5 Å². The highest BCUT2D eigenvalue weighted by atomic mass is 35.5. The first kappa shape index (κ1) is 23.0. The second-order valence-electron chi connectivity index (χ2n) is 9.60. The number of likely N-dealkylation sites (tertiary alicyclic amines) is 1. The molecule has 3 aliphatic heterocycles. The number of amides is 1. The highest BCUT2D eigenvalue weighted by Gasteiger charge is 2.30. The molecule has 0 aliphatic carbocycles. The smallest absolute Gasteiger partial charge is 0.254 e. The standard InChI is InChI=1S/C28H30N2O3.ClH/c31-28-25-16-27-26(32-19-33-27)15-24(25)10-13-30(28)18-21-4-3-11-29(17-21)12-9-20-7-8-22-5-1-2-6-23(22)14-20;/h1-2,5-8,14-16,21H,3-4,9-13,17-19H2;1H. The van der Waals surface area contributed by atoms with Gasteiger partial charge in [0.05, 0.1) is 0 Å². The molecule has 1 unspecified atom stereocenters. The van der Waals surface area contributed by atoms with Crippen molar-refractivity contribution in [2.24, 2.45) is 5.92 Å². The van der Waals surface area contributed by atoms with Gasteiger partial charge in [0.25, 0.3) is 5.91 Å². The van der Waals surface area contributed by atoms with Crippen molar-refractivity contribution >= 4 is 29.1 Å². The number of nitrogens with zero attached hydrogens (tertiary/aromatic N) is 2. The van der Waals surface area contributed by atoms with Crippen LogP contribution in [0.5, 0.6) is 11.5 Å². The SMILES string of the molecule is Cl.O=C1c2cc3c(cc2CCN1CC1CCCN(CCc2ccc4ccccc4c2)C1)OCO3. The lowest BCUT2D eigenvalue weighted by Crippen LogP contribution is -2.45. The Hall–Kier alpha value is -2.76. The van der Waals surface area contributed by atoms with Crippen molar-refractivity contribution in [1.29, 1.82) is 0 Å². The van der Waals surface area contributed by atoms with Gasteiger partial charge in [-0.15, -0.1) is 12.4 Å². The predicted octanol–water partition coefficient (Wildman–Crippen LogP) is 4.94. The molecule has 1 fully saturated rings. The molecule has 5 nitrogen and oxygen atoms in total. The summed E-state index contributed by atoms with van der Waals surface area (Å²) in [6, 6.07) is 19.2. The summed E-state index contributed by atoms with van der Waals surface area (Å²) in [5.41, 5.74) is 3.27. The van der Waals surface area contributed by atoms with E-state index < -0.39 is 0 Å². The summed E-state index contributed by atoms with van der Waals surface area (Å²) in [5.74, 6) is 2.14. The Bertz CT molecular complexity index is 1200. The van der Waals surface area contributed by atoms with E-state index in [4.69, 9.17) is 9.47 Å². The molecule has 6 rings (SSSR count). The predicted molar refractivity (Wildman–Crippen MR) is 136 cm³/mol. The van der Waals surface area contributed by atoms with E-state index in [1.807, 2.05) is 12.1 Å². The maximum absolute atomic E-state index is 13.2. The van der Waals surface area contributed by atoms with Crippen LogP contribution >= 0.6 is 12.4 Å². The summed E-state index contributed by atoms with van der Waals surface area (Å²) >= 11 is 0. The molecule has 1 amide bonds. The Morgan fingerprint density at radius 2 is 1.76 bits per heavy atom. The van der Waals surface area contributed by atoms with Gasteiger partial charge in [0, 0.05) is 31.7 Å². The Morgan fingerprint density at radius 3 is 2.65 bits per heavy atom. The number of halogens is 1. The molecule has 3 aliphatic rings. The van der Waals surface area contributed by atoms with Crippen molar-refractivity contribution in [3.05, 3.63) is 71.3 Å². The van der Waals surface area contributed by atoms with Crippen LogP contribution in [0.25, 0.3) is 10.8 Å². The molecule has 0 radical (unpaired) electrons. The third-order valence-corrected chi connectivity index (χ3v) is 7.38. The Morgan fingerprint density at radius 1 is 0.941 bits per heavy atom. The van der Waals surface area contributed by atoms with Crippen LogP contribution in [0.4, 0.5) is 0 Å². The number of fused-ring (bicyclic) bond motifs is 3. The third kappa shape index (κ3) is 4.59. The fourth-order valence-electron chi connectivity index (χ4n) is 5.59. The van der Waals surface area contributed by atoms with E-state index in [0.29, 0.717) is 11.7 Å². The quantitative estimate of drug-likeness (QED) is 0.520. The first-order valence-electron chi connectivity index (χ1n) is 12.1. The van der Waals surface area contributed by atoms with Crippen molar-refractivity contribution < 1.29 is 14.3 Å². The first-order valence-corrected chi connectivity index (χ1v) is 12.1. The monoisotopic (exact) mass is 478 g/mol. The number of hydrogen-bond acceptors (Lipinski definition) is 4. The van der Waals surface area contributed by atoms with Crippen LogP contribution < -0.4 is 9.47 Å². The third-order valence-electron chi connectivity index (χ3n) is 7.38. The van der Waals surface area contributed by atoms with Gasteiger partial charge in [-0.05, 0) is 72.2 Å². The van der Waals surface area contributed by atoms with Crippen molar-refractivity contribution in [2.45, 2.75) is 25.7 Å². The molecule has 3 heterocycles. The summed E-state index contributed by atoms with van der Waals surface area (Å²) in [7, 11) is 0. The van der Waals surface area contributed by atoms with Crippen LogP contribution in [0.15, 0.2) is 54.6 Å². The second kappa shape index (κ2) is 9.85. The van der Waals surface area contributed by atoms with E-state index in [-0.39, 0.29) is 25.1 Å². The average molecular weight is 479 g/mol. The maximum Gasteiger partial charge on any atom is 0.254 e. The van der Waals surface area contributed by atoms with Gasteiger partial charge in [-0.3, -0.25) is 4.79 Å². The first-order chi connectivity index (χ1) is 16.2. The minimum absolute atomic E-state index is 0. The minimum atomic E-state index is 0. The molecular weight excluding hydrogens is 448 g/mol. The summed E-state index contributed by atoms with van der Waals surface area (Å²) < 4.78 is 11.0. The molecule has 3 aromatic rings. The van der Waals surface area contributed by atoms with E-state index in [1.165, 1.54) is 29.2 Å². The maximum atomic E-state index is 13.2.